The van der Waals surface area contributed by atoms with Crippen LogP contribution in [0, 0.1) is 0 Å². The number of ether oxygens (including phenoxy) is 2. The molecule has 9 nitrogen and oxygen atoms in total. The van der Waals surface area contributed by atoms with Gasteiger partial charge in [-0.05, 0) is 65.7 Å². The lowest BCUT2D eigenvalue weighted by Crippen LogP contribution is -2.37. The van der Waals surface area contributed by atoms with Crippen LogP contribution in [0.5, 0.6) is 5.75 Å². The predicted octanol–water partition coefficient (Wildman–Crippen LogP) is 4.31. The van der Waals surface area contributed by atoms with Gasteiger partial charge in [-0.15, -0.1) is 0 Å². The summed E-state index contributed by atoms with van der Waals surface area (Å²) in [6.45, 7) is 3.30. The van der Waals surface area contributed by atoms with Gasteiger partial charge in [-0.25, -0.2) is 0 Å². The van der Waals surface area contributed by atoms with Gasteiger partial charge in [0.05, 0.1) is 13.2 Å². The van der Waals surface area contributed by atoms with Crippen molar-refractivity contribution in [1.82, 2.24) is 5.32 Å². The molecule has 214 valence electrons. The molecule has 1 fully saturated rings. The van der Waals surface area contributed by atoms with Gasteiger partial charge in [0.25, 0.3) is 11.8 Å². The van der Waals surface area contributed by atoms with E-state index in [2.05, 4.69) is 15.5 Å². The second-order valence-electron chi connectivity index (χ2n) is 9.83. The van der Waals surface area contributed by atoms with Crippen LogP contribution in [0.1, 0.15) is 37.9 Å². The number of nitrogens with two attached hydrogens (primary N) is 1. The highest BCUT2D eigenvalue weighted by Crippen LogP contribution is 2.23. The van der Waals surface area contributed by atoms with Gasteiger partial charge >= 0.3 is 0 Å². The molecular weight excluding hydrogens is 532 g/mol. The Bertz CT molecular complexity index is 1520. The first-order valence-corrected chi connectivity index (χ1v) is 13.7. The molecule has 0 unspecified atom stereocenters. The second kappa shape index (κ2) is 13.5. The number of carbonyl (C=O) groups is 3. The SMILES string of the molecule is NC(=O)c1cccc(NC(=O)[C@@H](NC(=O)c2ccc(N3CCOCC3)cc2)c2ccc(OCc3ccccc3)cc2)c1. The molecule has 0 saturated carbocycles. The molecular formula is C33H32N4O5. The van der Waals surface area contributed by atoms with Gasteiger partial charge in [-0.3, -0.25) is 14.4 Å². The number of hydrogen-bond donors (Lipinski definition) is 3. The fourth-order valence-corrected chi connectivity index (χ4v) is 4.62. The summed E-state index contributed by atoms with van der Waals surface area (Å²) in [5.74, 6) is -0.865. The number of primary amides is 1. The standard InChI is InChI=1S/C33H32N4O5/c34-31(38)26-7-4-8-27(21-26)35-33(40)30(24-11-15-29(16-12-24)42-22-23-5-2-1-3-6-23)36-32(39)25-9-13-28(14-10-25)37-17-19-41-20-18-37/h1-16,21,30H,17-20,22H2,(H2,34,38)(H,35,40)(H,36,39)/t30-/m0/s1. The molecule has 0 radical (unpaired) electrons. The summed E-state index contributed by atoms with van der Waals surface area (Å²) in [5, 5.41) is 5.66. The van der Waals surface area contributed by atoms with Crippen LogP contribution >= 0.6 is 0 Å². The highest BCUT2D eigenvalue weighted by Gasteiger charge is 2.24. The number of rotatable bonds is 10. The third kappa shape index (κ3) is 7.32. The van der Waals surface area contributed by atoms with Crippen LogP contribution in [0.4, 0.5) is 11.4 Å². The first-order valence-electron chi connectivity index (χ1n) is 13.7. The van der Waals surface area contributed by atoms with Crippen molar-refractivity contribution in [2.24, 2.45) is 5.73 Å². The van der Waals surface area contributed by atoms with Gasteiger partial charge in [0.2, 0.25) is 5.91 Å². The largest absolute Gasteiger partial charge is 0.489 e. The molecule has 4 N–H and O–H groups in total. The lowest BCUT2D eigenvalue weighted by atomic mass is 10.0. The van der Waals surface area contributed by atoms with Crippen molar-refractivity contribution in [2.45, 2.75) is 12.6 Å². The molecule has 0 aromatic heterocycles. The van der Waals surface area contributed by atoms with E-state index in [9.17, 15) is 14.4 Å². The predicted molar refractivity (Wildman–Crippen MR) is 160 cm³/mol. The Hall–Kier alpha value is -5.15. The zero-order valence-corrected chi connectivity index (χ0v) is 23.0. The minimum atomic E-state index is -1.03. The van der Waals surface area contributed by atoms with Crippen molar-refractivity contribution in [1.29, 1.82) is 0 Å². The highest BCUT2D eigenvalue weighted by molar-refractivity contribution is 6.02. The van der Waals surface area contributed by atoms with Crippen LogP contribution < -0.4 is 26.0 Å². The monoisotopic (exact) mass is 564 g/mol. The number of morpholine rings is 1. The van der Waals surface area contributed by atoms with Crippen molar-refractivity contribution in [3.05, 3.63) is 125 Å². The van der Waals surface area contributed by atoms with Crippen LogP contribution in [0.3, 0.4) is 0 Å². The summed E-state index contributed by atoms with van der Waals surface area (Å²) in [5.41, 5.74) is 9.05. The lowest BCUT2D eigenvalue weighted by molar-refractivity contribution is -0.118. The summed E-state index contributed by atoms with van der Waals surface area (Å²) < 4.78 is 11.3. The molecule has 4 aromatic rings. The van der Waals surface area contributed by atoms with Crippen LogP contribution in [-0.4, -0.2) is 44.0 Å². The number of nitrogens with zero attached hydrogens (tertiary/aromatic N) is 1. The molecule has 1 heterocycles. The van der Waals surface area contributed by atoms with E-state index in [-0.39, 0.29) is 5.56 Å². The second-order valence-corrected chi connectivity index (χ2v) is 9.83. The fraction of sp³-hybridized carbons (Fsp3) is 0.182. The van der Waals surface area contributed by atoms with Crippen LogP contribution in [0.25, 0.3) is 0 Å². The molecule has 42 heavy (non-hydrogen) atoms. The number of benzene rings is 4. The smallest absolute Gasteiger partial charge is 0.252 e. The fourth-order valence-electron chi connectivity index (χ4n) is 4.62. The van der Waals surface area contributed by atoms with E-state index in [1.54, 1.807) is 54.6 Å². The van der Waals surface area contributed by atoms with E-state index in [0.717, 1.165) is 24.3 Å². The number of nitrogens with one attached hydrogen (secondary N) is 2. The molecule has 5 rings (SSSR count). The van der Waals surface area contributed by atoms with Gasteiger partial charge < -0.3 is 30.7 Å². The van der Waals surface area contributed by atoms with Crippen LogP contribution in [-0.2, 0) is 16.1 Å². The molecule has 9 heteroatoms. The van der Waals surface area contributed by atoms with E-state index in [4.69, 9.17) is 15.2 Å². The normalized spacial score (nSPS) is 13.6. The van der Waals surface area contributed by atoms with E-state index < -0.39 is 23.8 Å². The highest BCUT2D eigenvalue weighted by atomic mass is 16.5. The maximum Gasteiger partial charge on any atom is 0.252 e. The summed E-state index contributed by atoms with van der Waals surface area (Å²) in [4.78, 5) is 40.7. The van der Waals surface area contributed by atoms with Gasteiger partial charge in [-0.1, -0.05) is 48.5 Å². The Balaban J connectivity index is 1.33. The molecule has 0 bridgehead atoms. The van der Waals surface area contributed by atoms with Crippen molar-refractivity contribution in [2.75, 3.05) is 36.5 Å². The van der Waals surface area contributed by atoms with Crippen LogP contribution in [0.15, 0.2) is 103 Å². The Labute approximate surface area is 244 Å². The van der Waals surface area contributed by atoms with E-state index in [1.807, 2.05) is 42.5 Å². The number of anilines is 2. The van der Waals surface area contributed by atoms with Crippen molar-refractivity contribution in [3.63, 3.8) is 0 Å². The Kier molecular flexibility index (Phi) is 9.10. The van der Waals surface area contributed by atoms with E-state index in [1.165, 1.54) is 6.07 Å². The topological polar surface area (TPSA) is 123 Å². The molecule has 1 saturated heterocycles. The Morgan fingerprint density at radius 3 is 2.24 bits per heavy atom. The van der Waals surface area contributed by atoms with E-state index >= 15 is 0 Å². The quantitative estimate of drug-likeness (QED) is 0.264. The minimum Gasteiger partial charge on any atom is -0.489 e. The first-order chi connectivity index (χ1) is 20.5. The number of carbonyl (C=O) groups excluding carboxylic acids is 3. The Morgan fingerprint density at radius 2 is 1.55 bits per heavy atom. The summed E-state index contributed by atoms with van der Waals surface area (Å²) in [7, 11) is 0. The zero-order chi connectivity index (χ0) is 29.3. The molecule has 1 atom stereocenters. The van der Waals surface area contributed by atoms with Gasteiger partial charge in [-0.2, -0.15) is 0 Å². The van der Waals surface area contributed by atoms with Crippen molar-refractivity contribution >= 4 is 29.1 Å². The summed E-state index contributed by atoms with van der Waals surface area (Å²) in [6.07, 6.45) is 0. The zero-order valence-electron chi connectivity index (χ0n) is 23.0. The van der Waals surface area contributed by atoms with Gasteiger partial charge in [0.1, 0.15) is 18.4 Å². The third-order valence-corrected chi connectivity index (χ3v) is 6.92. The lowest BCUT2D eigenvalue weighted by Gasteiger charge is -2.28. The average molecular weight is 565 g/mol. The molecule has 0 spiro atoms. The summed E-state index contributed by atoms with van der Waals surface area (Å²) in [6, 6.07) is 29.4. The maximum atomic E-state index is 13.5. The maximum absolute atomic E-state index is 13.5. The molecule has 1 aliphatic rings. The van der Waals surface area contributed by atoms with Crippen LogP contribution in [0.2, 0.25) is 0 Å². The number of hydrogen-bond acceptors (Lipinski definition) is 6. The molecule has 0 aliphatic carbocycles. The molecule has 3 amide bonds. The van der Waals surface area contributed by atoms with E-state index in [0.29, 0.717) is 42.4 Å². The minimum absolute atomic E-state index is 0.258. The van der Waals surface area contributed by atoms with Gasteiger partial charge in [0.15, 0.2) is 0 Å². The first kappa shape index (κ1) is 28.4. The summed E-state index contributed by atoms with van der Waals surface area (Å²) >= 11 is 0. The molecule has 1 aliphatic heterocycles. The number of amides is 3. The average Bonchev–Trinajstić information content (AvgIpc) is 3.04. The van der Waals surface area contributed by atoms with Gasteiger partial charge in [0, 0.05) is 35.6 Å². The van der Waals surface area contributed by atoms with Crippen molar-refractivity contribution in [3.8, 4) is 5.75 Å². The third-order valence-electron chi connectivity index (χ3n) is 6.92. The Morgan fingerprint density at radius 1 is 0.833 bits per heavy atom. The van der Waals surface area contributed by atoms with Crippen molar-refractivity contribution < 1.29 is 23.9 Å². The molecule has 4 aromatic carbocycles.